The molecule has 0 radical (unpaired) electrons. The molecular weight excluding hydrogens is 428 g/mol. The fourth-order valence-electron chi connectivity index (χ4n) is 3.19. The van der Waals surface area contributed by atoms with Crippen molar-refractivity contribution in [2.45, 2.75) is 6.42 Å². The Morgan fingerprint density at radius 3 is 2.55 bits per heavy atom. The fourth-order valence-corrected chi connectivity index (χ4v) is 3.19. The number of aliphatic hydroxyl groups is 1. The van der Waals surface area contributed by atoms with Crippen molar-refractivity contribution in [1.82, 2.24) is 4.98 Å². The van der Waals surface area contributed by atoms with Gasteiger partial charge in [-0.2, -0.15) is 5.26 Å². The summed E-state index contributed by atoms with van der Waals surface area (Å²) in [5.74, 6) is -3.67. The second-order valence-electron chi connectivity index (χ2n) is 6.99. The predicted octanol–water partition coefficient (Wildman–Crippen LogP) is 3.45. The quantitative estimate of drug-likeness (QED) is 0.130. The van der Waals surface area contributed by atoms with E-state index in [1.54, 1.807) is 18.3 Å². The Morgan fingerprint density at radius 2 is 1.91 bits per heavy atom. The molecule has 1 heterocycles. The highest BCUT2D eigenvalue weighted by Gasteiger charge is 2.26. The van der Waals surface area contributed by atoms with E-state index >= 15 is 0 Å². The van der Waals surface area contributed by atoms with E-state index in [0.29, 0.717) is 12.1 Å². The summed E-state index contributed by atoms with van der Waals surface area (Å²) in [4.78, 5) is 28.4. The number of nitriles is 1. The minimum atomic E-state index is -1.00. The first-order valence-corrected chi connectivity index (χ1v) is 9.53. The molecule has 3 aromatic rings. The van der Waals surface area contributed by atoms with Crippen LogP contribution in [0.2, 0.25) is 0 Å². The first-order valence-electron chi connectivity index (χ1n) is 9.53. The van der Waals surface area contributed by atoms with Gasteiger partial charge >= 0.3 is 5.69 Å². The molecule has 0 bridgehead atoms. The number of hydrogen-bond donors (Lipinski definition) is 3. The summed E-state index contributed by atoms with van der Waals surface area (Å²) < 4.78 is 0. The number of nitrogens with zero attached hydrogens (tertiary/aromatic N) is 4. The second kappa shape index (κ2) is 9.49. The first kappa shape index (κ1) is 22.8. The average Bonchev–Trinajstić information content (AvgIpc) is 2.81. The molecule has 1 aromatic heterocycles. The smallest absolute Gasteiger partial charge is 0.315 e. The number of pyridine rings is 1. The van der Waals surface area contributed by atoms with Crippen molar-refractivity contribution in [3.63, 3.8) is 0 Å². The third-order valence-corrected chi connectivity index (χ3v) is 4.89. The lowest BCUT2D eigenvalue weighted by Gasteiger charge is -2.20. The Hall–Kier alpha value is -4.91. The maximum atomic E-state index is 13.1. The van der Waals surface area contributed by atoms with Gasteiger partial charge in [-0.3, -0.25) is 19.9 Å². The summed E-state index contributed by atoms with van der Waals surface area (Å²) >= 11 is 0. The highest BCUT2D eigenvalue weighted by molar-refractivity contribution is 6.12. The summed E-state index contributed by atoms with van der Waals surface area (Å²) in [5.41, 5.74) is 0.120. The highest BCUT2D eigenvalue weighted by Crippen LogP contribution is 2.38. The molecule has 0 spiro atoms. The SMILES string of the molecule is CN(C(=O)/C(C#N)=C(\O)c1cc(O)c(O)c([N+](=O)[O-])c1)c1cnccc1Cc1ccccc1. The van der Waals surface area contributed by atoms with E-state index in [4.69, 9.17) is 0 Å². The van der Waals surface area contributed by atoms with Gasteiger partial charge in [-0.25, -0.2) is 0 Å². The van der Waals surface area contributed by atoms with E-state index in [2.05, 4.69) is 4.98 Å². The summed E-state index contributed by atoms with van der Waals surface area (Å²) in [6.07, 6.45) is 3.49. The lowest BCUT2D eigenvalue weighted by atomic mass is 10.0. The van der Waals surface area contributed by atoms with Crippen LogP contribution in [-0.2, 0) is 11.2 Å². The van der Waals surface area contributed by atoms with Gasteiger partial charge in [0.25, 0.3) is 5.91 Å². The number of aromatic nitrogens is 1. The van der Waals surface area contributed by atoms with E-state index in [-0.39, 0.29) is 5.56 Å². The van der Waals surface area contributed by atoms with Gasteiger partial charge in [0.2, 0.25) is 5.75 Å². The fraction of sp³-hybridized carbons (Fsp3) is 0.0870. The summed E-state index contributed by atoms with van der Waals surface area (Å²) in [7, 11) is 1.40. The number of amides is 1. The van der Waals surface area contributed by atoms with E-state index in [1.165, 1.54) is 13.2 Å². The first-order chi connectivity index (χ1) is 15.7. The van der Waals surface area contributed by atoms with Crippen LogP contribution in [0.5, 0.6) is 11.5 Å². The van der Waals surface area contributed by atoms with Crippen molar-refractivity contribution in [3.05, 3.63) is 93.3 Å². The number of aromatic hydroxyl groups is 2. The minimum Gasteiger partial charge on any atom is -0.506 e. The van der Waals surface area contributed by atoms with Gasteiger partial charge in [-0.15, -0.1) is 0 Å². The van der Waals surface area contributed by atoms with Crippen molar-refractivity contribution in [3.8, 4) is 17.6 Å². The number of nitro benzene ring substituents is 1. The number of phenols is 2. The number of benzene rings is 2. The van der Waals surface area contributed by atoms with Gasteiger partial charge in [0.15, 0.2) is 11.3 Å². The third-order valence-electron chi connectivity index (χ3n) is 4.89. The molecule has 3 rings (SSSR count). The third kappa shape index (κ3) is 4.72. The Morgan fingerprint density at radius 1 is 1.21 bits per heavy atom. The van der Waals surface area contributed by atoms with Gasteiger partial charge in [0.1, 0.15) is 11.8 Å². The molecule has 10 nitrogen and oxygen atoms in total. The zero-order chi connectivity index (χ0) is 24.1. The summed E-state index contributed by atoms with van der Waals surface area (Å²) in [6.45, 7) is 0. The van der Waals surface area contributed by atoms with Crippen LogP contribution in [0.25, 0.3) is 5.76 Å². The molecule has 0 aliphatic carbocycles. The number of carbonyl (C=O) groups is 1. The number of nitro groups is 1. The van der Waals surface area contributed by atoms with Crippen molar-refractivity contribution >= 4 is 23.0 Å². The zero-order valence-corrected chi connectivity index (χ0v) is 17.3. The molecule has 2 aromatic carbocycles. The molecule has 0 saturated carbocycles. The van der Waals surface area contributed by atoms with E-state index < -0.39 is 39.3 Å². The molecule has 0 aliphatic rings. The van der Waals surface area contributed by atoms with Crippen LogP contribution in [-0.4, -0.2) is 38.2 Å². The number of likely N-dealkylation sites (N-methyl/N-ethyl adjacent to an activating group) is 1. The van der Waals surface area contributed by atoms with Crippen LogP contribution in [0, 0.1) is 21.4 Å². The topological polar surface area (TPSA) is 161 Å². The predicted molar refractivity (Wildman–Crippen MR) is 118 cm³/mol. The van der Waals surface area contributed by atoms with Crippen LogP contribution in [0.3, 0.4) is 0 Å². The van der Waals surface area contributed by atoms with Crippen LogP contribution < -0.4 is 4.90 Å². The molecule has 0 aliphatic heterocycles. The van der Waals surface area contributed by atoms with Gasteiger partial charge in [0.05, 0.1) is 16.8 Å². The molecular formula is C23H18N4O6. The largest absolute Gasteiger partial charge is 0.506 e. The van der Waals surface area contributed by atoms with Gasteiger partial charge in [-0.05, 0) is 29.7 Å². The molecule has 3 N–H and O–H groups in total. The maximum absolute atomic E-state index is 13.1. The highest BCUT2D eigenvalue weighted by atomic mass is 16.6. The lowest BCUT2D eigenvalue weighted by Crippen LogP contribution is -2.29. The normalized spacial score (nSPS) is 11.3. The Kier molecular flexibility index (Phi) is 6.54. The van der Waals surface area contributed by atoms with Crippen LogP contribution in [0.4, 0.5) is 11.4 Å². The molecule has 0 saturated heterocycles. The lowest BCUT2D eigenvalue weighted by molar-refractivity contribution is -0.386. The number of anilines is 1. The van der Waals surface area contributed by atoms with Crippen molar-refractivity contribution < 1.29 is 25.0 Å². The Labute approximate surface area is 188 Å². The molecule has 166 valence electrons. The maximum Gasteiger partial charge on any atom is 0.315 e. The zero-order valence-electron chi connectivity index (χ0n) is 17.3. The molecule has 0 unspecified atom stereocenters. The second-order valence-corrected chi connectivity index (χ2v) is 6.99. The Balaban J connectivity index is 2.02. The van der Waals surface area contributed by atoms with Gasteiger partial charge < -0.3 is 20.2 Å². The number of hydrogen-bond acceptors (Lipinski definition) is 8. The average molecular weight is 446 g/mol. The van der Waals surface area contributed by atoms with Gasteiger partial charge in [0, 0.05) is 24.9 Å². The standard InChI is InChI=1S/C23H18N4O6/c1-26(19-13-25-8-7-15(19)9-14-5-3-2-4-6-14)23(31)17(12-24)21(29)16-10-18(27(32)33)22(30)20(28)11-16/h2-8,10-11,13,28-30H,9H2,1H3/b21-17-. The van der Waals surface area contributed by atoms with Crippen LogP contribution in [0.15, 0.2) is 66.5 Å². The number of carbonyl (C=O) groups excluding carboxylic acids is 1. The van der Waals surface area contributed by atoms with E-state index in [0.717, 1.165) is 28.2 Å². The summed E-state index contributed by atoms with van der Waals surface area (Å²) in [6, 6.07) is 14.4. The van der Waals surface area contributed by atoms with Crippen molar-refractivity contribution in [2.24, 2.45) is 0 Å². The van der Waals surface area contributed by atoms with E-state index in [1.807, 2.05) is 30.3 Å². The number of rotatable bonds is 6. The molecule has 10 heteroatoms. The van der Waals surface area contributed by atoms with Crippen LogP contribution in [0.1, 0.15) is 16.7 Å². The molecule has 33 heavy (non-hydrogen) atoms. The van der Waals surface area contributed by atoms with Gasteiger partial charge in [-0.1, -0.05) is 30.3 Å². The minimum absolute atomic E-state index is 0.383. The monoisotopic (exact) mass is 446 g/mol. The molecule has 0 atom stereocenters. The molecule has 0 fully saturated rings. The number of phenolic OH excluding ortho intramolecular Hbond substituents is 2. The number of aliphatic hydroxyl groups excluding tert-OH is 1. The van der Waals surface area contributed by atoms with Crippen LogP contribution >= 0.6 is 0 Å². The molecule has 1 amide bonds. The Bertz CT molecular complexity index is 1300. The van der Waals surface area contributed by atoms with Crippen molar-refractivity contribution in [2.75, 3.05) is 11.9 Å². The van der Waals surface area contributed by atoms with E-state index in [9.17, 15) is 35.5 Å². The summed E-state index contributed by atoms with van der Waals surface area (Å²) in [5, 5.41) is 50.6. The van der Waals surface area contributed by atoms with Crippen molar-refractivity contribution in [1.29, 1.82) is 5.26 Å².